The Balaban J connectivity index is 3.20. The highest BCUT2D eigenvalue weighted by Gasteiger charge is 2.06. The third-order valence-electron chi connectivity index (χ3n) is 1.40. The summed E-state index contributed by atoms with van der Waals surface area (Å²) < 4.78 is 26.7. The topological polar surface area (TPSA) is 43.4 Å². The lowest BCUT2D eigenvalue weighted by atomic mass is 10.3. The van der Waals surface area contributed by atoms with Crippen molar-refractivity contribution in [2.75, 3.05) is 7.11 Å². The van der Waals surface area contributed by atoms with Crippen LogP contribution in [0.3, 0.4) is 0 Å². The zero-order valence-electron chi connectivity index (χ0n) is 6.65. The van der Waals surface area contributed by atoms with Gasteiger partial charge in [0.15, 0.2) is 9.84 Å². The zero-order valence-corrected chi connectivity index (χ0v) is 7.47. The van der Waals surface area contributed by atoms with Crippen LogP contribution in [0.25, 0.3) is 0 Å². The van der Waals surface area contributed by atoms with Crippen molar-refractivity contribution in [1.29, 1.82) is 0 Å². The van der Waals surface area contributed by atoms with Crippen LogP contribution in [0.15, 0.2) is 29.2 Å². The molecule has 1 aromatic carbocycles. The van der Waals surface area contributed by atoms with Gasteiger partial charge < -0.3 is 4.74 Å². The third-order valence-corrected chi connectivity index (χ3v) is 2.37. The molecule has 0 aliphatic rings. The predicted octanol–water partition coefficient (Wildman–Crippen LogP) is 1.26. The second-order valence-electron chi connectivity index (χ2n) is 2.29. The molecule has 0 unspecified atom stereocenters. The lowest BCUT2D eigenvalue weighted by Crippen LogP contribution is -1.94. The molecule has 0 heterocycles. The van der Waals surface area contributed by atoms with Crippen molar-refractivity contribution in [2.24, 2.45) is 0 Å². The van der Waals surface area contributed by atoms with Crippen LogP contribution in [0.4, 0.5) is 0 Å². The number of methoxy groups -OCH3 is 1. The first-order chi connectivity index (χ1) is 5.54. The first-order valence-corrected chi connectivity index (χ1v) is 4.91. The van der Waals surface area contributed by atoms with E-state index in [0.717, 1.165) is 0 Å². The summed E-state index contributed by atoms with van der Waals surface area (Å²) in [6.07, 6.45) is 3.03. The molecule has 0 bridgehead atoms. The zero-order chi connectivity index (χ0) is 9.19. The van der Waals surface area contributed by atoms with Gasteiger partial charge in [-0.15, -0.1) is 0 Å². The van der Waals surface area contributed by atoms with Crippen molar-refractivity contribution >= 4 is 9.84 Å². The van der Waals surface area contributed by atoms with E-state index in [-0.39, 0.29) is 4.90 Å². The first kappa shape index (κ1) is 9.06. The molecule has 0 saturated carbocycles. The normalized spacial score (nSPS) is 11.2. The van der Waals surface area contributed by atoms with Gasteiger partial charge in [0.05, 0.1) is 18.3 Å². The number of sulfone groups is 1. The van der Waals surface area contributed by atoms with Gasteiger partial charge in [-0.25, -0.2) is 8.42 Å². The average molecular weight is 185 g/mol. The Bertz CT molecular complexity index is 368. The standard InChI is InChI=1S/C8H9O3S/c1-11-7-4-3-5-8(6-7)12(2,9)10/h3-6H,2H2,1H3. The Morgan fingerprint density at radius 3 is 2.58 bits per heavy atom. The van der Waals surface area contributed by atoms with E-state index in [2.05, 4.69) is 6.26 Å². The van der Waals surface area contributed by atoms with Crippen LogP contribution < -0.4 is 4.74 Å². The van der Waals surface area contributed by atoms with E-state index in [1.807, 2.05) is 0 Å². The molecule has 0 spiro atoms. The van der Waals surface area contributed by atoms with E-state index >= 15 is 0 Å². The number of hydrogen-bond donors (Lipinski definition) is 0. The van der Waals surface area contributed by atoms with E-state index < -0.39 is 9.84 Å². The monoisotopic (exact) mass is 185 g/mol. The van der Waals surface area contributed by atoms with Gasteiger partial charge in [-0.3, -0.25) is 0 Å². The van der Waals surface area contributed by atoms with Crippen LogP contribution in [0, 0.1) is 6.26 Å². The average Bonchev–Trinajstić information content (AvgIpc) is 2.03. The molecule has 65 valence electrons. The molecular weight excluding hydrogens is 176 g/mol. The molecule has 3 nitrogen and oxygen atoms in total. The maximum absolute atomic E-state index is 10.9. The minimum atomic E-state index is -3.37. The fourth-order valence-electron chi connectivity index (χ4n) is 0.795. The Kier molecular flexibility index (Phi) is 2.38. The Hall–Kier alpha value is -1.03. The van der Waals surface area contributed by atoms with Crippen LogP contribution in [0.1, 0.15) is 0 Å². The van der Waals surface area contributed by atoms with E-state index in [1.54, 1.807) is 12.1 Å². The second kappa shape index (κ2) is 3.15. The fraction of sp³-hybridized carbons (Fsp3) is 0.125. The molecule has 0 atom stereocenters. The van der Waals surface area contributed by atoms with Crippen molar-refractivity contribution in [3.63, 3.8) is 0 Å². The van der Waals surface area contributed by atoms with Crippen molar-refractivity contribution in [3.8, 4) is 5.75 Å². The molecule has 0 aliphatic heterocycles. The van der Waals surface area contributed by atoms with Crippen LogP contribution >= 0.6 is 0 Å². The Morgan fingerprint density at radius 1 is 1.42 bits per heavy atom. The molecule has 1 aromatic rings. The second-order valence-corrected chi connectivity index (χ2v) is 3.99. The maximum atomic E-state index is 10.9. The Morgan fingerprint density at radius 2 is 2.08 bits per heavy atom. The van der Waals surface area contributed by atoms with Gasteiger partial charge in [0.25, 0.3) is 0 Å². The van der Waals surface area contributed by atoms with Gasteiger partial charge >= 0.3 is 0 Å². The van der Waals surface area contributed by atoms with Crippen molar-refractivity contribution < 1.29 is 13.2 Å². The fourth-order valence-corrected chi connectivity index (χ4v) is 1.38. The van der Waals surface area contributed by atoms with Crippen molar-refractivity contribution in [3.05, 3.63) is 30.5 Å². The first-order valence-electron chi connectivity index (χ1n) is 3.26. The summed E-state index contributed by atoms with van der Waals surface area (Å²) in [5.74, 6) is 0.514. The number of rotatable bonds is 2. The molecule has 0 saturated heterocycles. The minimum Gasteiger partial charge on any atom is -0.497 e. The van der Waals surface area contributed by atoms with Crippen LogP contribution in [0.5, 0.6) is 5.75 Å². The van der Waals surface area contributed by atoms with Gasteiger partial charge in [0, 0.05) is 0 Å². The van der Waals surface area contributed by atoms with Gasteiger partial charge in [0.2, 0.25) is 0 Å². The Labute approximate surface area is 71.9 Å². The number of hydrogen-bond acceptors (Lipinski definition) is 3. The summed E-state index contributed by atoms with van der Waals surface area (Å²) in [5, 5.41) is 0. The molecule has 0 aromatic heterocycles. The van der Waals surface area contributed by atoms with Gasteiger partial charge in [-0.05, 0) is 18.2 Å². The highest BCUT2D eigenvalue weighted by Crippen LogP contribution is 2.16. The van der Waals surface area contributed by atoms with Crippen molar-refractivity contribution in [2.45, 2.75) is 4.90 Å². The predicted molar refractivity (Wildman–Crippen MR) is 45.5 cm³/mol. The van der Waals surface area contributed by atoms with Gasteiger partial charge in [0.1, 0.15) is 5.75 Å². The van der Waals surface area contributed by atoms with Crippen molar-refractivity contribution in [1.82, 2.24) is 0 Å². The van der Waals surface area contributed by atoms with Gasteiger partial charge in [-0.2, -0.15) is 0 Å². The highest BCUT2D eigenvalue weighted by atomic mass is 32.2. The number of ether oxygens (including phenoxy) is 1. The summed E-state index contributed by atoms with van der Waals surface area (Å²) in [4.78, 5) is 0.168. The van der Waals surface area contributed by atoms with Gasteiger partial charge in [-0.1, -0.05) is 6.07 Å². The molecule has 4 heteroatoms. The highest BCUT2D eigenvalue weighted by molar-refractivity contribution is 7.92. The minimum absolute atomic E-state index is 0.168. The maximum Gasteiger partial charge on any atom is 0.179 e. The molecule has 0 amide bonds. The largest absolute Gasteiger partial charge is 0.497 e. The van der Waals surface area contributed by atoms with E-state index in [9.17, 15) is 8.42 Å². The van der Waals surface area contributed by atoms with Crippen LogP contribution in [-0.4, -0.2) is 15.5 Å². The van der Waals surface area contributed by atoms with E-state index in [4.69, 9.17) is 4.74 Å². The number of benzene rings is 1. The summed E-state index contributed by atoms with van der Waals surface area (Å²) in [6, 6.07) is 6.19. The van der Waals surface area contributed by atoms with Crippen LogP contribution in [0.2, 0.25) is 0 Å². The molecule has 12 heavy (non-hydrogen) atoms. The molecule has 0 N–H and O–H groups in total. The lowest BCUT2D eigenvalue weighted by molar-refractivity contribution is 0.413. The third kappa shape index (κ3) is 1.98. The van der Waals surface area contributed by atoms with E-state index in [1.165, 1.54) is 19.2 Å². The SMILES string of the molecule is [CH2]S(=O)(=O)c1cccc(OC)c1. The molecule has 1 rings (SSSR count). The quantitative estimate of drug-likeness (QED) is 0.696. The summed E-state index contributed by atoms with van der Waals surface area (Å²) in [6.45, 7) is 0. The molecular formula is C8H9O3S. The smallest absolute Gasteiger partial charge is 0.179 e. The summed E-state index contributed by atoms with van der Waals surface area (Å²) in [5.41, 5.74) is 0. The lowest BCUT2D eigenvalue weighted by Gasteiger charge is -2.01. The van der Waals surface area contributed by atoms with Crippen LogP contribution in [-0.2, 0) is 9.84 Å². The molecule has 0 aliphatic carbocycles. The summed E-state index contributed by atoms with van der Waals surface area (Å²) in [7, 11) is -1.88. The summed E-state index contributed by atoms with van der Waals surface area (Å²) >= 11 is 0. The molecule has 1 radical (unpaired) electrons. The molecule has 0 fully saturated rings. The van der Waals surface area contributed by atoms with E-state index in [0.29, 0.717) is 5.75 Å².